The maximum absolute atomic E-state index is 10.6. The lowest BCUT2D eigenvalue weighted by atomic mass is 10.1. The Morgan fingerprint density at radius 2 is 2.20 bits per heavy atom. The van der Waals surface area contributed by atoms with Gasteiger partial charge in [0.15, 0.2) is 0 Å². The molecule has 0 aliphatic heterocycles. The molecule has 0 aromatic rings. The van der Waals surface area contributed by atoms with Crippen LogP contribution in [0.1, 0.15) is 27.2 Å². The predicted octanol–water partition coefficient (Wildman–Crippen LogP) is 2.40. The van der Waals surface area contributed by atoms with Crippen LogP contribution in [-0.2, 0) is 4.57 Å². The molecule has 0 fully saturated rings. The zero-order chi connectivity index (χ0) is 8.15. The Morgan fingerprint density at radius 3 is 2.30 bits per heavy atom. The third kappa shape index (κ3) is 3.86. The van der Waals surface area contributed by atoms with E-state index in [-0.39, 0.29) is 0 Å². The summed E-state index contributed by atoms with van der Waals surface area (Å²) in [7, 11) is -2.41. The molecule has 0 aliphatic rings. The predicted molar refractivity (Wildman–Crippen MR) is 44.4 cm³/mol. The Morgan fingerprint density at radius 1 is 1.70 bits per heavy atom. The van der Waals surface area contributed by atoms with Crippen molar-refractivity contribution in [3.63, 3.8) is 0 Å². The molecule has 60 valence electrons. The van der Waals surface area contributed by atoms with E-state index in [1.807, 2.05) is 13.8 Å². The standard InChI is InChI=1S/C7H15O2P/c1-4-7(10(8)9)5-6(2)3/h4,6,10H,5H2,1-3H3,(H,8,9). The molecule has 1 N–H and O–H groups in total. The van der Waals surface area contributed by atoms with Gasteiger partial charge in [-0.2, -0.15) is 0 Å². The lowest BCUT2D eigenvalue weighted by Gasteiger charge is -2.04. The van der Waals surface area contributed by atoms with Gasteiger partial charge < -0.3 is 4.89 Å². The van der Waals surface area contributed by atoms with Gasteiger partial charge >= 0.3 is 0 Å². The minimum Gasteiger partial charge on any atom is -0.343 e. The first-order valence-corrected chi connectivity index (χ1v) is 4.82. The van der Waals surface area contributed by atoms with Crippen molar-refractivity contribution < 1.29 is 9.46 Å². The van der Waals surface area contributed by atoms with E-state index in [0.717, 1.165) is 6.42 Å². The molecule has 1 atom stereocenters. The van der Waals surface area contributed by atoms with Crippen LogP contribution in [-0.4, -0.2) is 4.89 Å². The summed E-state index contributed by atoms with van der Waals surface area (Å²) < 4.78 is 10.6. The number of allylic oxidation sites excluding steroid dienone is 2. The maximum atomic E-state index is 10.6. The smallest absolute Gasteiger partial charge is 0.213 e. The second-order valence-electron chi connectivity index (χ2n) is 2.72. The van der Waals surface area contributed by atoms with Crippen molar-refractivity contribution in [3.8, 4) is 0 Å². The molecule has 0 saturated carbocycles. The van der Waals surface area contributed by atoms with Gasteiger partial charge in [-0.25, -0.2) is 0 Å². The fraction of sp³-hybridized carbons (Fsp3) is 0.714. The summed E-state index contributed by atoms with van der Waals surface area (Å²) in [5.41, 5.74) is 0. The van der Waals surface area contributed by atoms with Crippen LogP contribution >= 0.6 is 8.03 Å². The van der Waals surface area contributed by atoms with Crippen LogP contribution < -0.4 is 0 Å². The Balaban J connectivity index is 3.99. The monoisotopic (exact) mass is 162 g/mol. The highest BCUT2D eigenvalue weighted by Crippen LogP contribution is 2.31. The average Bonchev–Trinajstić information content (AvgIpc) is 1.81. The van der Waals surface area contributed by atoms with Crippen LogP contribution in [0.15, 0.2) is 11.4 Å². The van der Waals surface area contributed by atoms with Crippen LogP contribution in [0.3, 0.4) is 0 Å². The van der Waals surface area contributed by atoms with Crippen molar-refractivity contribution in [1.29, 1.82) is 0 Å². The molecule has 0 rings (SSSR count). The highest BCUT2D eigenvalue weighted by molar-refractivity contribution is 7.43. The van der Waals surface area contributed by atoms with E-state index in [0.29, 0.717) is 11.2 Å². The summed E-state index contributed by atoms with van der Waals surface area (Å²) in [6, 6.07) is 0. The summed E-state index contributed by atoms with van der Waals surface area (Å²) >= 11 is 0. The molecule has 0 spiro atoms. The van der Waals surface area contributed by atoms with E-state index in [9.17, 15) is 4.57 Å². The molecular formula is C7H15O2P. The first kappa shape index (κ1) is 9.93. The topological polar surface area (TPSA) is 37.3 Å². The zero-order valence-corrected chi connectivity index (χ0v) is 7.72. The van der Waals surface area contributed by atoms with Gasteiger partial charge in [0.05, 0.1) is 0 Å². The minimum absolute atomic E-state index is 0.465. The zero-order valence-electron chi connectivity index (χ0n) is 6.72. The molecule has 1 unspecified atom stereocenters. The molecule has 0 saturated heterocycles. The third-order valence-electron chi connectivity index (χ3n) is 1.25. The molecule has 10 heavy (non-hydrogen) atoms. The van der Waals surface area contributed by atoms with Gasteiger partial charge in [0.25, 0.3) is 0 Å². The van der Waals surface area contributed by atoms with E-state index in [1.54, 1.807) is 13.0 Å². The van der Waals surface area contributed by atoms with Gasteiger partial charge in [0.2, 0.25) is 8.03 Å². The molecule has 0 heterocycles. The van der Waals surface area contributed by atoms with Gasteiger partial charge in [-0.1, -0.05) is 19.9 Å². The molecular weight excluding hydrogens is 147 g/mol. The Hall–Kier alpha value is -0.0700. The lowest BCUT2D eigenvalue weighted by Crippen LogP contribution is -1.87. The molecule has 0 aromatic heterocycles. The number of rotatable bonds is 3. The molecule has 3 heteroatoms. The SMILES string of the molecule is CC=C(CC(C)C)[PH](=O)O. The van der Waals surface area contributed by atoms with Crippen molar-refractivity contribution >= 4 is 8.03 Å². The van der Waals surface area contributed by atoms with E-state index in [2.05, 4.69) is 0 Å². The Labute approximate surface area is 62.8 Å². The third-order valence-corrected chi connectivity index (χ3v) is 2.29. The van der Waals surface area contributed by atoms with Crippen LogP contribution in [0.25, 0.3) is 0 Å². The van der Waals surface area contributed by atoms with Crippen LogP contribution in [0.4, 0.5) is 0 Å². The fourth-order valence-electron chi connectivity index (χ4n) is 0.768. The van der Waals surface area contributed by atoms with Gasteiger partial charge in [-0.15, -0.1) is 0 Å². The summed E-state index contributed by atoms with van der Waals surface area (Å²) in [5, 5.41) is 0.694. The van der Waals surface area contributed by atoms with Gasteiger partial charge in [0.1, 0.15) is 0 Å². The number of hydrogen-bond donors (Lipinski definition) is 1. The van der Waals surface area contributed by atoms with E-state index < -0.39 is 8.03 Å². The van der Waals surface area contributed by atoms with Gasteiger partial charge in [-0.05, 0) is 19.3 Å². The summed E-state index contributed by atoms with van der Waals surface area (Å²) in [4.78, 5) is 8.74. The largest absolute Gasteiger partial charge is 0.343 e. The highest BCUT2D eigenvalue weighted by Gasteiger charge is 2.03. The summed E-state index contributed by atoms with van der Waals surface area (Å²) in [6.07, 6.45) is 2.48. The molecule has 2 nitrogen and oxygen atoms in total. The normalized spacial score (nSPS) is 15.9. The molecule has 0 bridgehead atoms. The molecule has 0 amide bonds. The van der Waals surface area contributed by atoms with E-state index >= 15 is 0 Å². The van der Waals surface area contributed by atoms with Crippen molar-refractivity contribution in [2.24, 2.45) is 5.92 Å². The van der Waals surface area contributed by atoms with Crippen LogP contribution in [0.5, 0.6) is 0 Å². The Kier molecular flexibility index (Phi) is 4.67. The second kappa shape index (κ2) is 4.70. The Bertz CT molecular complexity index is 150. The molecule has 0 aromatic carbocycles. The second-order valence-corrected chi connectivity index (χ2v) is 3.97. The van der Waals surface area contributed by atoms with Crippen molar-refractivity contribution in [1.82, 2.24) is 0 Å². The fourth-order valence-corrected chi connectivity index (χ4v) is 1.60. The number of hydrogen-bond acceptors (Lipinski definition) is 1. The summed E-state index contributed by atoms with van der Waals surface area (Å²) in [6.45, 7) is 5.87. The minimum atomic E-state index is -2.41. The average molecular weight is 162 g/mol. The highest BCUT2D eigenvalue weighted by atomic mass is 31.1. The molecule has 0 aliphatic carbocycles. The molecule has 0 radical (unpaired) electrons. The quantitative estimate of drug-likeness (QED) is 0.647. The van der Waals surface area contributed by atoms with Crippen molar-refractivity contribution in [3.05, 3.63) is 11.4 Å². The van der Waals surface area contributed by atoms with Crippen molar-refractivity contribution in [2.75, 3.05) is 0 Å². The maximum Gasteiger partial charge on any atom is 0.213 e. The lowest BCUT2D eigenvalue weighted by molar-refractivity contribution is 0.504. The van der Waals surface area contributed by atoms with Crippen LogP contribution in [0, 0.1) is 5.92 Å². The first-order chi connectivity index (χ1) is 4.57. The van der Waals surface area contributed by atoms with E-state index in [1.165, 1.54) is 0 Å². The van der Waals surface area contributed by atoms with Gasteiger partial charge in [-0.3, -0.25) is 4.57 Å². The van der Waals surface area contributed by atoms with Gasteiger partial charge in [0, 0.05) is 5.31 Å². The van der Waals surface area contributed by atoms with E-state index in [4.69, 9.17) is 4.89 Å². The summed E-state index contributed by atoms with van der Waals surface area (Å²) in [5.74, 6) is 0.465. The van der Waals surface area contributed by atoms with Crippen molar-refractivity contribution in [2.45, 2.75) is 27.2 Å². The van der Waals surface area contributed by atoms with Crippen LogP contribution in [0.2, 0.25) is 0 Å². The first-order valence-electron chi connectivity index (χ1n) is 3.46.